The zero-order valence-electron chi connectivity index (χ0n) is 14.6. The van der Waals surface area contributed by atoms with E-state index in [4.69, 9.17) is 10.5 Å². The van der Waals surface area contributed by atoms with Gasteiger partial charge in [0.1, 0.15) is 5.82 Å². The highest BCUT2D eigenvalue weighted by Gasteiger charge is 2.25. The van der Waals surface area contributed by atoms with Crippen LogP contribution in [-0.2, 0) is 9.53 Å². The van der Waals surface area contributed by atoms with Crippen LogP contribution in [0.3, 0.4) is 0 Å². The molecule has 1 aromatic heterocycles. The molecule has 24 heavy (non-hydrogen) atoms. The molecule has 1 aromatic rings. The number of hydrogen-bond acceptors (Lipinski definition) is 5. The molecular formula is C18H28N4O2. The van der Waals surface area contributed by atoms with Gasteiger partial charge in [-0.15, -0.1) is 0 Å². The van der Waals surface area contributed by atoms with Gasteiger partial charge >= 0.3 is 0 Å². The van der Waals surface area contributed by atoms with Crippen LogP contribution in [0.1, 0.15) is 39.5 Å². The van der Waals surface area contributed by atoms with Gasteiger partial charge in [-0.3, -0.25) is 4.79 Å². The smallest absolute Gasteiger partial charge is 0.227 e. The Morgan fingerprint density at radius 3 is 2.46 bits per heavy atom. The van der Waals surface area contributed by atoms with Crippen molar-refractivity contribution in [3.8, 4) is 0 Å². The molecule has 1 amide bonds. The van der Waals surface area contributed by atoms with Crippen molar-refractivity contribution in [3.05, 3.63) is 18.3 Å². The van der Waals surface area contributed by atoms with E-state index in [2.05, 4.69) is 29.0 Å². The number of amides is 1. The Morgan fingerprint density at radius 2 is 1.88 bits per heavy atom. The van der Waals surface area contributed by atoms with Crippen LogP contribution in [0.15, 0.2) is 18.3 Å². The Hall–Kier alpha value is -1.66. The Labute approximate surface area is 143 Å². The minimum atomic E-state index is 0.0745. The summed E-state index contributed by atoms with van der Waals surface area (Å²) in [6.07, 6.45) is 5.77. The van der Waals surface area contributed by atoms with E-state index in [1.54, 1.807) is 6.20 Å². The lowest BCUT2D eigenvalue weighted by atomic mass is 9.86. The molecule has 0 radical (unpaired) electrons. The predicted molar refractivity (Wildman–Crippen MR) is 95.0 cm³/mol. The molecule has 0 aromatic carbocycles. The number of carbonyl (C=O) groups excluding carboxylic acids is 1. The number of nitrogens with one attached hydrogen (secondary N) is 1. The molecular weight excluding hydrogens is 304 g/mol. The summed E-state index contributed by atoms with van der Waals surface area (Å²) in [5, 5.41) is 2.99. The quantitative estimate of drug-likeness (QED) is 0.886. The largest absolute Gasteiger partial charge is 0.372 e. The molecule has 6 nitrogen and oxygen atoms in total. The number of nitrogens with zero attached hydrogens (tertiary/aromatic N) is 2. The fourth-order valence-corrected chi connectivity index (χ4v) is 3.64. The van der Waals surface area contributed by atoms with Gasteiger partial charge in [0.2, 0.25) is 5.91 Å². The van der Waals surface area contributed by atoms with Gasteiger partial charge in [-0.05, 0) is 51.7 Å². The van der Waals surface area contributed by atoms with Crippen molar-refractivity contribution in [3.63, 3.8) is 0 Å². The highest BCUT2D eigenvalue weighted by molar-refractivity contribution is 5.92. The summed E-state index contributed by atoms with van der Waals surface area (Å²) in [6, 6.07) is 4.16. The van der Waals surface area contributed by atoms with Crippen LogP contribution in [-0.4, -0.2) is 42.2 Å². The maximum atomic E-state index is 12.3. The Balaban J connectivity index is 1.57. The first-order valence-electron chi connectivity index (χ1n) is 8.94. The average molecular weight is 332 g/mol. The molecule has 1 aliphatic heterocycles. The van der Waals surface area contributed by atoms with Crippen LogP contribution in [0, 0.1) is 5.92 Å². The van der Waals surface area contributed by atoms with Gasteiger partial charge < -0.3 is 20.7 Å². The van der Waals surface area contributed by atoms with E-state index >= 15 is 0 Å². The number of ether oxygens (including phenoxy) is 1. The summed E-state index contributed by atoms with van der Waals surface area (Å²) in [5.74, 6) is 1.09. The van der Waals surface area contributed by atoms with Gasteiger partial charge in [0.05, 0.1) is 24.1 Å². The molecule has 1 saturated carbocycles. The Kier molecular flexibility index (Phi) is 5.36. The van der Waals surface area contributed by atoms with Gasteiger partial charge in [0, 0.05) is 25.0 Å². The first-order chi connectivity index (χ1) is 11.5. The zero-order valence-corrected chi connectivity index (χ0v) is 14.6. The number of pyridine rings is 1. The molecule has 0 bridgehead atoms. The van der Waals surface area contributed by atoms with Crippen LogP contribution < -0.4 is 16.0 Å². The van der Waals surface area contributed by atoms with E-state index in [-0.39, 0.29) is 30.1 Å². The maximum Gasteiger partial charge on any atom is 0.227 e. The van der Waals surface area contributed by atoms with E-state index in [9.17, 15) is 4.79 Å². The Bertz CT molecular complexity index is 545. The van der Waals surface area contributed by atoms with Crippen LogP contribution in [0.5, 0.6) is 0 Å². The number of morpholine rings is 1. The molecule has 2 heterocycles. The molecule has 0 unspecified atom stereocenters. The summed E-state index contributed by atoms with van der Waals surface area (Å²) in [5.41, 5.74) is 6.66. The third kappa shape index (κ3) is 4.24. The fourth-order valence-electron chi connectivity index (χ4n) is 3.64. The normalized spacial score (nSPS) is 30.9. The lowest BCUT2D eigenvalue weighted by molar-refractivity contribution is -0.120. The molecule has 1 saturated heterocycles. The summed E-state index contributed by atoms with van der Waals surface area (Å²) in [4.78, 5) is 19.1. The third-order valence-electron chi connectivity index (χ3n) is 4.90. The topological polar surface area (TPSA) is 80.5 Å². The molecule has 2 fully saturated rings. The van der Waals surface area contributed by atoms with Crippen molar-refractivity contribution >= 4 is 17.4 Å². The zero-order chi connectivity index (χ0) is 17.1. The van der Waals surface area contributed by atoms with Gasteiger partial charge in [0.15, 0.2) is 0 Å². The van der Waals surface area contributed by atoms with Crippen molar-refractivity contribution in [1.82, 2.24) is 4.98 Å². The fraction of sp³-hybridized carbons (Fsp3) is 0.667. The molecule has 3 N–H and O–H groups in total. The second kappa shape index (κ2) is 7.49. The summed E-state index contributed by atoms with van der Waals surface area (Å²) >= 11 is 0. The first kappa shape index (κ1) is 17.2. The second-order valence-corrected chi connectivity index (χ2v) is 7.17. The number of hydrogen-bond donors (Lipinski definition) is 2. The third-order valence-corrected chi connectivity index (χ3v) is 4.90. The average Bonchev–Trinajstić information content (AvgIpc) is 2.55. The van der Waals surface area contributed by atoms with Crippen molar-refractivity contribution in [2.45, 2.75) is 57.8 Å². The van der Waals surface area contributed by atoms with Crippen LogP contribution in [0.4, 0.5) is 11.5 Å². The van der Waals surface area contributed by atoms with Gasteiger partial charge in [0.25, 0.3) is 0 Å². The number of nitrogens with two attached hydrogens (primary N) is 1. The SMILES string of the molecule is C[C@@H]1CN(c2ccc(NC(=O)C3CCC(N)CC3)cn2)C[C@H](C)O1. The lowest BCUT2D eigenvalue weighted by Crippen LogP contribution is -2.45. The summed E-state index contributed by atoms with van der Waals surface area (Å²) in [7, 11) is 0. The van der Waals surface area contributed by atoms with E-state index < -0.39 is 0 Å². The van der Waals surface area contributed by atoms with Crippen molar-refractivity contribution in [2.75, 3.05) is 23.3 Å². The van der Waals surface area contributed by atoms with Gasteiger partial charge in [-0.1, -0.05) is 0 Å². The van der Waals surface area contributed by atoms with Gasteiger partial charge in [-0.25, -0.2) is 4.98 Å². The predicted octanol–water partition coefficient (Wildman–Crippen LogP) is 2.15. The monoisotopic (exact) mass is 332 g/mol. The van der Waals surface area contributed by atoms with Crippen LogP contribution in [0.25, 0.3) is 0 Å². The van der Waals surface area contributed by atoms with Crippen molar-refractivity contribution in [2.24, 2.45) is 11.7 Å². The van der Waals surface area contributed by atoms with Crippen molar-refractivity contribution < 1.29 is 9.53 Å². The molecule has 2 atom stereocenters. The van der Waals surface area contributed by atoms with Gasteiger partial charge in [-0.2, -0.15) is 0 Å². The number of aromatic nitrogens is 1. The highest BCUT2D eigenvalue weighted by Crippen LogP contribution is 2.25. The van der Waals surface area contributed by atoms with E-state index in [0.717, 1.165) is 50.3 Å². The Morgan fingerprint density at radius 1 is 1.21 bits per heavy atom. The summed E-state index contributed by atoms with van der Waals surface area (Å²) in [6.45, 7) is 5.83. The minimum Gasteiger partial charge on any atom is -0.372 e. The molecule has 132 valence electrons. The molecule has 0 spiro atoms. The highest BCUT2D eigenvalue weighted by atomic mass is 16.5. The van der Waals surface area contributed by atoms with Crippen molar-refractivity contribution in [1.29, 1.82) is 0 Å². The second-order valence-electron chi connectivity index (χ2n) is 7.17. The molecule has 6 heteroatoms. The van der Waals surface area contributed by atoms with Crippen LogP contribution >= 0.6 is 0 Å². The molecule has 1 aliphatic carbocycles. The summed E-state index contributed by atoms with van der Waals surface area (Å²) < 4.78 is 5.75. The number of carbonyl (C=O) groups is 1. The van der Waals surface area contributed by atoms with E-state index in [1.165, 1.54) is 0 Å². The maximum absolute atomic E-state index is 12.3. The first-order valence-corrected chi connectivity index (χ1v) is 8.94. The van der Waals surface area contributed by atoms with E-state index in [0.29, 0.717) is 0 Å². The van der Waals surface area contributed by atoms with Crippen LogP contribution in [0.2, 0.25) is 0 Å². The number of rotatable bonds is 3. The number of anilines is 2. The van der Waals surface area contributed by atoms with E-state index in [1.807, 2.05) is 12.1 Å². The molecule has 2 aliphatic rings. The standard InChI is InChI=1S/C18H28N4O2/c1-12-10-22(11-13(2)24-12)17-8-7-16(9-20-17)21-18(23)14-3-5-15(19)6-4-14/h7-9,12-15H,3-6,10-11,19H2,1-2H3,(H,21,23)/t12-,13+,14?,15?. The minimum absolute atomic E-state index is 0.0745. The molecule has 3 rings (SSSR count). The lowest BCUT2D eigenvalue weighted by Gasteiger charge is -2.36.